The summed E-state index contributed by atoms with van der Waals surface area (Å²) in [5.41, 5.74) is 3.73. The van der Waals surface area contributed by atoms with Gasteiger partial charge in [0.25, 0.3) is 0 Å². The van der Waals surface area contributed by atoms with Gasteiger partial charge in [0.1, 0.15) is 0 Å². The molecule has 0 amide bonds. The molecule has 0 unspecified atom stereocenters. The summed E-state index contributed by atoms with van der Waals surface area (Å²) in [6.45, 7) is 5.73. The van der Waals surface area contributed by atoms with E-state index in [2.05, 4.69) is 6.07 Å². The first-order valence-corrected chi connectivity index (χ1v) is 3.86. The molecule has 1 aromatic rings. The molecule has 65 valence electrons. The molecule has 0 aliphatic carbocycles. The molecule has 1 aromatic carbocycles. The summed E-state index contributed by atoms with van der Waals surface area (Å²) in [5.74, 6) is 1.88. The molecule has 2 heteroatoms. The number of benzene rings is 1. The van der Waals surface area contributed by atoms with E-state index >= 15 is 0 Å². The Hall–Kier alpha value is -0.226. The van der Waals surface area contributed by atoms with Gasteiger partial charge >= 0.3 is 0 Å². The average Bonchev–Trinajstić information content (AvgIpc) is 2.03. The number of carbonyl (C=O) groups excluding carboxylic acids is 1. The maximum atomic E-state index is 10.4. The molecule has 1 nitrogen and oxygen atoms in total. The van der Waals surface area contributed by atoms with Crippen LogP contribution in [-0.4, -0.2) is 5.94 Å². The van der Waals surface area contributed by atoms with Crippen LogP contribution in [-0.2, 0) is 37.5 Å². The normalized spacial score (nSPS) is 8.54. The van der Waals surface area contributed by atoms with Crippen molar-refractivity contribution >= 4 is 11.5 Å². The zero-order valence-corrected chi connectivity index (χ0v) is 11.0. The summed E-state index contributed by atoms with van der Waals surface area (Å²) in [4.78, 5) is 10.4. The van der Waals surface area contributed by atoms with Gasteiger partial charge in [-0.1, -0.05) is 20.8 Å². The van der Waals surface area contributed by atoms with E-state index in [0.717, 1.165) is 16.7 Å². The standard InChI is InChI=1S/C11H11O.Y/c1-8-4-5-11(9(2)6-8)10(3)7-12;/h4,6H,1-3H3;/q-1;. The molecule has 0 aromatic heterocycles. The van der Waals surface area contributed by atoms with Gasteiger partial charge in [0.15, 0.2) is 0 Å². The van der Waals surface area contributed by atoms with Gasteiger partial charge in [0.05, 0.1) is 5.94 Å². The van der Waals surface area contributed by atoms with Crippen molar-refractivity contribution in [3.05, 3.63) is 34.9 Å². The van der Waals surface area contributed by atoms with E-state index in [-0.39, 0.29) is 32.7 Å². The summed E-state index contributed by atoms with van der Waals surface area (Å²) in [6.07, 6.45) is 0. The third-order valence-corrected chi connectivity index (χ3v) is 1.81. The molecular formula is C11H11OY-. The Morgan fingerprint density at radius 2 is 2.08 bits per heavy atom. The zero-order chi connectivity index (χ0) is 9.14. The molecule has 0 saturated carbocycles. The van der Waals surface area contributed by atoms with E-state index in [4.69, 9.17) is 0 Å². The van der Waals surface area contributed by atoms with Crippen molar-refractivity contribution in [2.45, 2.75) is 20.8 Å². The van der Waals surface area contributed by atoms with E-state index in [1.807, 2.05) is 31.9 Å². The zero-order valence-electron chi connectivity index (χ0n) is 8.14. The Balaban J connectivity index is 0.00000144. The summed E-state index contributed by atoms with van der Waals surface area (Å²) in [5, 5.41) is 0. The van der Waals surface area contributed by atoms with Crippen molar-refractivity contribution in [1.82, 2.24) is 0 Å². The Kier molecular flexibility index (Phi) is 5.40. The minimum atomic E-state index is 0. The van der Waals surface area contributed by atoms with Crippen LogP contribution in [0, 0.1) is 19.9 Å². The van der Waals surface area contributed by atoms with Gasteiger partial charge in [-0.2, -0.15) is 0 Å². The Morgan fingerprint density at radius 3 is 2.54 bits per heavy atom. The molecule has 0 fully saturated rings. The second kappa shape index (κ2) is 5.49. The van der Waals surface area contributed by atoms with Crippen molar-refractivity contribution in [3.8, 4) is 0 Å². The van der Waals surface area contributed by atoms with Gasteiger partial charge in [-0.05, 0) is 5.57 Å². The Morgan fingerprint density at radius 1 is 1.46 bits per heavy atom. The van der Waals surface area contributed by atoms with Crippen molar-refractivity contribution < 1.29 is 37.5 Å². The molecule has 0 aliphatic heterocycles. The molecule has 0 N–H and O–H groups in total. The van der Waals surface area contributed by atoms with Crippen molar-refractivity contribution in [2.24, 2.45) is 0 Å². The van der Waals surface area contributed by atoms with E-state index in [9.17, 15) is 4.79 Å². The van der Waals surface area contributed by atoms with Gasteiger partial charge in [0, 0.05) is 32.7 Å². The first-order valence-electron chi connectivity index (χ1n) is 3.86. The SMILES string of the molecule is CC(=C=O)c1[c-]cc(C)cc1C.[Y]. The van der Waals surface area contributed by atoms with Gasteiger partial charge in [-0.3, -0.25) is 0 Å². The van der Waals surface area contributed by atoms with Gasteiger partial charge in [0.2, 0.25) is 0 Å². The second-order valence-corrected chi connectivity index (χ2v) is 2.96. The van der Waals surface area contributed by atoms with Gasteiger partial charge < -0.3 is 0 Å². The van der Waals surface area contributed by atoms with Crippen LogP contribution in [0.2, 0.25) is 0 Å². The van der Waals surface area contributed by atoms with E-state index in [1.54, 1.807) is 6.92 Å². The fraction of sp³-hybridized carbons (Fsp3) is 0.273. The van der Waals surface area contributed by atoms with Crippen LogP contribution in [0.3, 0.4) is 0 Å². The molecule has 0 saturated heterocycles. The predicted octanol–water partition coefficient (Wildman–Crippen LogP) is 2.34. The van der Waals surface area contributed by atoms with Crippen LogP contribution in [0.15, 0.2) is 12.1 Å². The maximum absolute atomic E-state index is 10.4. The smallest absolute Gasteiger partial charge is 0.0764 e. The maximum Gasteiger partial charge on any atom is 0.0764 e. The van der Waals surface area contributed by atoms with Crippen molar-refractivity contribution in [3.63, 3.8) is 0 Å². The Labute approximate surface area is 104 Å². The number of hydrogen-bond acceptors (Lipinski definition) is 1. The fourth-order valence-electron chi connectivity index (χ4n) is 1.21. The largest absolute Gasteiger partial charge is 0.245 e. The van der Waals surface area contributed by atoms with Crippen molar-refractivity contribution in [1.29, 1.82) is 0 Å². The monoisotopic (exact) mass is 248 g/mol. The van der Waals surface area contributed by atoms with Crippen LogP contribution in [0.5, 0.6) is 0 Å². The summed E-state index contributed by atoms with van der Waals surface area (Å²) in [6, 6.07) is 6.97. The molecule has 0 spiro atoms. The summed E-state index contributed by atoms with van der Waals surface area (Å²) in [7, 11) is 0. The first-order chi connectivity index (χ1) is 5.65. The summed E-state index contributed by atoms with van der Waals surface area (Å²) < 4.78 is 0. The third kappa shape index (κ3) is 3.19. The van der Waals surface area contributed by atoms with Gasteiger partial charge in [-0.25, -0.2) is 4.79 Å². The van der Waals surface area contributed by atoms with E-state index in [1.165, 1.54) is 0 Å². The van der Waals surface area contributed by atoms with Crippen LogP contribution >= 0.6 is 0 Å². The molecule has 0 heterocycles. The quantitative estimate of drug-likeness (QED) is 0.550. The van der Waals surface area contributed by atoms with Gasteiger partial charge in [-0.15, -0.1) is 34.9 Å². The van der Waals surface area contributed by atoms with Crippen molar-refractivity contribution in [2.75, 3.05) is 0 Å². The number of hydrogen-bond donors (Lipinski definition) is 0. The molecule has 0 aliphatic rings. The first kappa shape index (κ1) is 12.8. The molecule has 0 atom stereocenters. The molecule has 1 radical (unpaired) electrons. The minimum Gasteiger partial charge on any atom is -0.245 e. The van der Waals surface area contributed by atoms with Crippen LogP contribution in [0.1, 0.15) is 23.6 Å². The minimum absolute atomic E-state index is 0. The van der Waals surface area contributed by atoms with E-state index in [0.29, 0.717) is 5.57 Å². The number of rotatable bonds is 1. The predicted molar refractivity (Wildman–Crippen MR) is 49.5 cm³/mol. The molecule has 13 heavy (non-hydrogen) atoms. The van der Waals surface area contributed by atoms with Crippen LogP contribution < -0.4 is 0 Å². The topological polar surface area (TPSA) is 17.1 Å². The summed E-state index contributed by atoms with van der Waals surface area (Å²) >= 11 is 0. The molecular weight excluding hydrogens is 237 g/mol. The van der Waals surface area contributed by atoms with Crippen LogP contribution in [0.4, 0.5) is 0 Å². The Bertz CT molecular complexity index is 349. The molecule has 1 rings (SSSR count). The van der Waals surface area contributed by atoms with Crippen LogP contribution in [0.25, 0.3) is 5.57 Å². The van der Waals surface area contributed by atoms with E-state index < -0.39 is 0 Å². The second-order valence-electron chi connectivity index (χ2n) is 2.96. The average molecular weight is 248 g/mol. The number of aryl methyl sites for hydroxylation is 2. The number of allylic oxidation sites excluding steroid dienone is 1. The third-order valence-electron chi connectivity index (χ3n) is 1.81. The fourth-order valence-corrected chi connectivity index (χ4v) is 1.21. The molecule has 0 bridgehead atoms.